The first-order valence-electron chi connectivity index (χ1n) is 7.25. The Hall–Kier alpha value is -1.85. The molecule has 0 aromatic carbocycles. The normalized spacial score (nSPS) is 25.2. The molecule has 3 N–H and O–H groups in total. The first-order chi connectivity index (χ1) is 9.65. The minimum Gasteiger partial charge on any atom is -0.481 e. The summed E-state index contributed by atoms with van der Waals surface area (Å²) in [6.45, 7) is 0. The van der Waals surface area contributed by atoms with Gasteiger partial charge in [-0.15, -0.1) is 0 Å². The van der Waals surface area contributed by atoms with Gasteiger partial charge < -0.3 is 10.4 Å². The molecule has 1 aromatic rings. The van der Waals surface area contributed by atoms with Gasteiger partial charge >= 0.3 is 5.97 Å². The monoisotopic (exact) mass is 277 g/mol. The van der Waals surface area contributed by atoms with E-state index < -0.39 is 5.97 Å². The van der Waals surface area contributed by atoms with Crippen molar-refractivity contribution in [3.05, 3.63) is 17.0 Å². The predicted octanol–water partition coefficient (Wildman–Crippen LogP) is 1.27. The topological polar surface area (TPSA) is 95.1 Å². The Morgan fingerprint density at radius 1 is 1.25 bits per heavy atom. The molecule has 1 heterocycles. The van der Waals surface area contributed by atoms with Crippen molar-refractivity contribution in [3.63, 3.8) is 0 Å². The zero-order valence-electron chi connectivity index (χ0n) is 11.3. The SMILES string of the molecule is O=C(N[C@H]1CC[C@H](C(=O)O)C1)c1n[nH]c2c1CCCC2. The second kappa shape index (κ2) is 5.26. The van der Waals surface area contributed by atoms with Gasteiger partial charge in [-0.2, -0.15) is 5.10 Å². The van der Waals surface area contributed by atoms with Gasteiger partial charge in [0.25, 0.3) is 5.91 Å². The Kier molecular flexibility index (Phi) is 3.46. The molecule has 3 rings (SSSR count). The van der Waals surface area contributed by atoms with Crippen LogP contribution in [0.25, 0.3) is 0 Å². The number of aryl methyl sites for hydroxylation is 1. The van der Waals surface area contributed by atoms with Crippen LogP contribution in [0, 0.1) is 5.92 Å². The molecule has 0 saturated heterocycles. The van der Waals surface area contributed by atoms with Gasteiger partial charge in [0.15, 0.2) is 5.69 Å². The first-order valence-corrected chi connectivity index (χ1v) is 7.25. The van der Waals surface area contributed by atoms with Crippen molar-refractivity contribution in [3.8, 4) is 0 Å². The molecule has 0 unspecified atom stereocenters. The van der Waals surface area contributed by atoms with E-state index in [4.69, 9.17) is 5.11 Å². The lowest BCUT2D eigenvalue weighted by atomic mass is 9.95. The number of fused-ring (bicyclic) bond motifs is 1. The molecule has 6 heteroatoms. The third-order valence-corrected chi connectivity index (χ3v) is 4.39. The molecule has 2 aliphatic rings. The fourth-order valence-corrected chi connectivity index (χ4v) is 3.26. The molecule has 6 nitrogen and oxygen atoms in total. The summed E-state index contributed by atoms with van der Waals surface area (Å²) in [6.07, 6.45) is 5.98. The lowest BCUT2D eigenvalue weighted by Gasteiger charge is -2.14. The Bertz CT molecular complexity index is 538. The second-order valence-corrected chi connectivity index (χ2v) is 5.76. The van der Waals surface area contributed by atoms with Crippen LogP contribution in [0.3, 0.4) is 0 Å². The molecule has 0 radical (unpaired) electrons. The largest absolute Gasteiger partial charge is 0.481 e. The second-order valence-electron chi connectivity index (χ2n) is 5.76. The molecular weight excluding hydrogens is 258 g/mol. The zero-order valence-corrected chi connectivity index (χ0v) is 11.3. The Morgan fingerprint density at radius 2 is 2.05 bits per heavy atom. The number of hydrogen-bond donors (Lipinski definition) is 3. The summed E-state index contributed by atoms with van der Waals surface area (Å²) < 4.78 is 0. The molecular formula is C14H19N3O3. The van der Waals surface area contributed by atoms with E-state index in [9.17, 15) is 9.59 Å². The predicted molar refractivity (Wildman–Crippen MR) is 71.5 cm³/mol. The number of rotatable bonds is 3. The zero-order chi connectivity index (χ0) is 14.1. The van der Waals surface area contributed by atoms with E-state index in [2.05, 4.69) is 15.5 Å². The van der Waals surface area contributed by atoms with Gasteiger partial charge in [0.2, 0.25) is 0 Å². The fourth-order valence-electron chi connectivity index (χ4n) is 3.26. The van der Waals surface area contributed by atoms with Crippen LogP contribution in [0.4, 0.5) is 0 Å². The lowest BCUT2D eigenvalue weighted by molar-refractivity contribution is -0.141. The number of aromatic nitrogens is 2. The number of aromatic amines is 1. The highest BCUT2D eigenvalue weighted by molar-refractivity contribution is 5.94. The summed E-state index contributed by atoms with van der Waals surface area (Å²) in [7, 11) is 0. The van der Waals surface area contributed by atoms with Crippen LogP contribution >= 0.6 is 0 Å². The summed E-state index contributed by atoms with van der Waals surface area (Å²) in [4.78, 5) is 23.2. The minimum absolute atomic E-state index is 0.0421. The number of carbonyl (C=O) groups is 2. The minimum atomic E-state index is -0.765. The smallest absolute Gasteiger partial charge is 0.306 e. The number of carboxylic acids is 1. The Morgan fingerprint density at radius 3 is 2.80 bits per heavy atom. The number of hydrogen-bond acceptors (Lipinski definition) is 3. The van der Waals surface area contributed by atoms with Gasteiger partial charge in [-0.25, -0.2) is 0 Å². The molecule has 1 amide bonds. The molecule has 0 bridgehead atoms. The van der Waals surface area contributed by atoms with Crippen molar-refractivity contribution in [2.24, 2.45) is 5.92 Å². The van der Waals surface area contributed by atoms with Gasteiger partial charge in [0.05, 0.1) is 5.92 Å². The molecule has 20 heavy (non-hydrogen) atoms. The first kappa shape index (κ1) is 13.1. The number of carbonyl (C=O) groups excluding carboxylic acids is 1. The van der Waals surface area contributed by atoms with Crippen LogP contribution in [0.15, 0.2) is 0 Å². The quantitative estimate of drug-likeness (QED) is 0.775. The van der Waals surface area contributed by atoms with Crippen LogP contribution in [0.5, 0.6) is 0 Å². The van der Waals surface area contributed by atoms with E-state index in [0.717, 1.165) is 43.4 Å². The molecule has 2 atom stereocenters. The number of nitrogens with one attached hydrogen (secondary N) is 2. The van der Waals surface area contributed by atoms with Crippen molar-refractivity contribution in [2.75, 3.05) is 0 Å². The molecule has 0 aliphatic heterocycles. The van der Waals surface area contributed by atoms with Gasteiger partial charge in [-0.05, 0) is 44.9 Å². The molecule has 0 spiro atoms. The molecule has 108 valence electrons. The van der Waals surface area contributed by atoms with Crippen molar-refractivity contribution in [1.29, 1.82) is 0 Å². The van der Waals surface area contributed by atoms with Crippen LogP contribution in [0.1, 0.15) is 53.8 Å². The summed E-state index contributed by atoms with van der Waals surface area (Å²) >= 11 is 0. The van der Waals surface area contributed by atoms with Gasteiger partial charge in [-0.3, -0.25) is 14.7 Å². The lowest BCUT2D eigenvalue weighted by Crippen LogP contribution is -2.34. The Labute approximate surface area is 116 Å². The highest BCUT2D eigenvalue weighted by Crippen LogP contribution is 2.27. The summed E-state index contributed by atoms with van der Waals surface area (Å²) in [5.41, 5.74) is 2.62. The van der Waals surface area contributed by atoms with E-state index in [1.54, 1.807) is 0 Å². The van der Waals surface area contributed by atoms with Crippen molar-refractivity contribution in [1.82, 2.24) is 15.5 Å². The van der Waals surface area contributed by atoms with Gasteiger partial charge in [-0.1, -0.05) is 0 Å². The van der Waals surface area contributed by atoms with Crippen molar-refractivity contribution < 1.29 is 14.7 Å². The molecule has 1 aromatic heterocycles. The average molecular weight is 277 g/mol. The van der Waals surface area contributed by atoms with E-state index in [0.29, 0.717) is 18.5 Å². The Balaban J connectivity index is 1.65. The highest BCUT2D eigenvalue weighted by Gasteiger charge is 2.31. The third kappa shape index (κ3) is 2.42. The van der Waals surface area contributed by atoms with Gasteiger partial charge in [0, 0.05) is 17.3 Å². The summed E-state index contributed by atoms with van der Waals surface area (Å²) in [5, 5.41) is 19.0. The maximum absolute atomic E-state index is 12.3. The molecule has 1 fully saturated rings. The van der Waals surface area contributed by atoms with E-state index in [-0.39, 0.29) is 17.9 Å². The third-order valence-electron chi connectivity index (χ3n) is 4.39. The summed E-state index contributed by atoms with van der Waals surface area (Å²) in [5.74, 6) is -1.26. The molecule has 2 aliphatic carbocycles. The summed E-state index contributed by atoms with van der Waals surface area (Å²) in [6, 6.07) is -0.0421. The van der Waals surface area contributed by atoms with E-state index >= 15 is 0 Å². The number of H-pyrrole nitrogens is 1. The van der Waals surface area contributed by atoms with Crippen LogP contribution in [0.2, 0.25) is 0 Å². The maximum Gasteiger partial charge on any atom is 0.306 e. The van der Waals surface area contributed by atoms with Crippen LogP contribution < -0.4 is 5.32 Å². The average Bonchev–Trinajstić information content (AvgIpc) is 3.04. The maximum atomic E-state index is 12.3. The van der Waals surface area contributed by atoms with E-state index in [1.807, 2.05) is 0 Å². The number of amides is 1. The standard InChI is InChI=1S/C14H19N3O3/c18-13(15-9-6-5-8(7-9)14(19)20)12-10-3-1-2-4-11(10)16-17-12/h8-9H,1-7H2,(H,15,18)(H,16,17)(H,19,20)/t8-,9-/m0/s1. The fraction of sp³-hybridized carbons (Fsp3) is 0.643. The number of aliphatic carboxylic acids is 1. The van der Waals surface area contributed by atoms with Crippen LogP contribution in [-0.4, -0.2) is 33.2 Å². The van der Waals surface area contributed by atoms with Crippen molar-refractivity contribution >= 4 is 11.9 Å². The van der Waals surface area contributed by atoms with E-state index in [1.165, 1.54) is 0 Å². The highest BCUT2D eigenvalue weighted by atomic mass is 16.4. The van der Waals surface area contributed by atoms with Crippen molar-refractivity contribution in [2.45, 2.75) is 51.0 Å². The molecule has 1 saturated carbocycles. The van der Waals surface area contributed by atoms with Gasteiger partial charge in [0.1, 0.15) is 0 Å². The number of carboxylic acid groups (broad SMARTS) is 1. The van der Waals surface area contributed by atoms with Crippen LogP contribution in [-0.2, 0) is 17.6 Å². The number of nitrogens with zero attached hydrogens (tertiary/aromatic N) is 1.